The fraction of sp³-hybridized carbons (Fsp3) is 0.286. The number of piperazine rings is 1. The lowest BCUT2D eigenvalue weighted by atomic mass is 10.1. The average Bonchev–Trinajstić information content (AvgIpc) is 3.28. The van der Waals surface area contributed by atoms with E-state index in [1.165, 1.54) is 22.5 Å². The molecule has 0 N–H and O–H groups in total. The molecule has 0 aliphatic carbocycles. The SMILES string of the molecule is CC1Cc2ccccc2N1C(=O)COC(=O)c1cc(S(=O)(=O)N2CCN(c3ccccc3)CC2)ccc1Cl. The molecule has 38 heavy (non-hydrogen) atoms. The highest BCUT2D eigenvalue weighted by Crippen LogP contribution is 2.32. The van der Waals surface area contributed by atoms with E-state index in [0.717, 1.165) is 23.4 Å². The molecule has 0 aromatic heterocycles. The average molecular weight is 554 g/mol. The van der Waals surface area contributed by atoms with Gasteiger partial charge in [0.1, 0.15) is 0 Å². The highest BCUT2D eigenvalue weighted by molar-refractivity contribution is 7.89. The highest BCUT2D eigenvalue weighted by atomic mass is 35.5. The van der Waals surface area contributed by atoms with Crippen LogP contribution in [-0.4, -0.2) is 63.4 Å². The lowest BCUT2D eigenvalue weighted by Gasteiger charge is -2.35. The second kappa shape index (κ2) is 10.8. The summed E-state index contributed by atoms with van der Waals surface area (Å²) in [6.07, 6.45) is 0.723. The predicted octanol–water partition coefficient (Wildman–Crippen LogP) is 3.99. The number of anilines is 2. The first-order valence-corrected chi connectivity index (χ1v) is 14.2. The second-order valence-electron chi connectivity index (χ2n) is 9.39. The van der Waals surface area contributed by atoms with Gasteiger partial charge in [0.25, 0.3) is 5.91 Å². The van der Waals surface area contributed by atoms with Crippen LogP contribution in [0.3, 0.4) is 0 Å². The van der Waals surface area contributed by atoms with Crippen molar-refractivity contribution < 1.29 is 22.7 Å². The summed E-state index contributed by atoms with van der Waals surface area (Å²) in [4.78, 5) is 29.5. The normalized spacial score (nSPS) is 17.8. The maximum Gasteiger partial charge on any atom is 0.340 e. The van der Waals surface area contributed by atoms with Crippen molar-refractivity contribution >= 4 is 44.9 Å². The van der Waals surface area contributed by atoms with Crippen molar-refractivity contribution in [2.45, 2.75) is 24.3 Å². The topological polar surface area (TPSA) is 87.2 Å². The molecule has 198 valence electrons. The van der Waals surface area contributed by atoms with E-state index >= 15 is 0 Å². The Hall–Kier alpha value is -3.40. The molecule has 1 atom stereocenters. The minimum atomic E-state index is -3.86. The number of nitrogens with zero attached hydrogens (tertiary/aromatic N) is 3. The molecule has 0 saturated carbocycles. The Morgan fingerprint density at radius 1 is 0.947 bits per heavy atom. The summed E-state index contributed by atoms with van der Waals surface area (Å²) in [7, 11) is -3.86. The summed E-state index contributed by atoms with van der Waals surface area (Å²) >= 11 is 6.24. The summed E-state index contributed by atoms with van der Waals surface area (Å²) in [6, 6.07) is 21.4. The molecule has 1 amide bonds. The van der Waals surface area contributed by atoms with Gasteiger partial charge in [0.05, 0.1) is 15.5 Å². The van der Waals surface area contributed by atoms with E-state index in [2.05, 4.69) is 4.90 Å². The van der Waals surface area contributed by atoms with Gasteiger partial charge in [0, 0.05) is 43.6 Å². The highest BCUT2D eigenvalue weighted by Gasteiger charge is 2.32. The van der Waals surface area contributed by atoms with Crippen LogP contribution in [0, 0.1) is 0 Å². The van der Waals surface area contributed by atoms with Crippen LogP contribution >= 0.6 is 11.6 Å². The van der Waals surface area contributed by atoms with Gasteiger partial charge in [-0.1, -0.05) is 48.0 Å². The Morgan fingerprint density at radius 3 is 2.37 bits per heavy atom. The van der Waals surface area contributed by atoms with Crippen LogP contribution in [0.1, 0.15) is 22.8 Å². The molecule has 8 nitrogen and oxygen atoms in total. The number of rotatable bonds is 6. The van der Waals surface area contributed by atoms with Crippen molar-refractivity contribution in [3.63, 3.8) is 0 Å². The third-order valence-electron chi connectivity index (χ3n) is 6.96. The number of para-hydroxylation sites is 2. The van der Waals surface area contributed by atoms with Gasteiger partial charge in [-0.05, 0) is 55.3 Å². The molecule has 2 aliphatic heterocycles. The summed E-state index contributed by atoms with van der Waals surface area (Å²) in [6.45, 7) is 3.17. The Morgan fingerprint density at radius 2 is 1.63 bits per heavy atom. The lowest BCUT2D eigenvalue weighted by molar-refractivity contribution is -0.122. The molecule has 5 rings (SSSR count). The molecule has 2 heterocycles. The monoisotopic (exact) mass is 553 g/mol. The van der Waals surface area contributed by atoms with E-state index < -0.39 is 22.6 Å². The zero-order chi connectivity index (χ0) is 26.9. The molecule has 1 fully saturated rings. The van der Waals surface area contributed by atoms with E-state index in [9.17, 15) is 18.0 Å². The van der Waals surface area contributed by atoms with E-state index in [4.69, 9.17) is 16.3 Å². The van der Waals surface area contributed by atoms with Crippen LogP contribution in [0.15, 0.2) is 77.7 Å². The largest absolute Gasteiger partial charge is 0.452 e. The summed E-state index contributed by atoms with van der Waals surface area (Å²) in [5.74, 6) is -1.21. The standard InChI is InChI=1S/C28H28ClN3O5S/c1-20-17-21-7-5-6-10-26(21)32(20)27(33)19-37-28(34)24-18-23(11-12-25(24)29)38(35,36)31-15-13-30(14-16-31)22-8-3-2-4-9-22/h2-12,18,20H,13-17,19H2,1H3. The van der Waals surface area contributed by atoms with Gasteiger partial charge in [-0.2, -0.15) is 4.31 Å². The molecule has 0 bridgehead atoms. The lowest BCUT2D eigenvalue weighted by Crippen LogP contribution is -2.48. The third kappa shape index (κ3) is 5.14. The van der Waals surface area contributed by atoms with Gasteiger partial charge in [-0.3, -0.25) is 4.79 Å². The number of hydrogen-bond donors (Lipinski definition) is 0. The van der Waals surface area contributed by atoms with Crippen LogP contribution in [0.4, 0.5) is 11.4 Å². The second-order valence-corrected chi connectivity index (χ2v) is 11.7. The van der Waals surface area contributed by atoms with Crippen molar-refractivity contribution in [2.24, 2.45) is 0 Å². The van der Waals surface area contributed by atoms with E-state index in [-0.39, 0.29) is 27.4 Å². The first-order chi connectivity index (χ1) is 18.3. The molecule has 0 spiro atoms. The van der Waals surface area contributed by atoms with E-state index in [1.807, 2.05) is 61.5 Å². The zero-order valence-electron chi connectivity index (χ0n) is 20.9. The number of hydrogen-bond acceptors (Lipinski definition) is 6. The predicted molar refractivity (Wildman–Crippen MR) is 146 cm³/mol. The number of carbonyl (C=O) groups excluding carboxylic acids is 2. The van der Waals surface area contributed by atoms with Crippen LogP contribution in [0.2, 0.25) is 5.02 Å². The Kier molecular flexibility index (Phi) is 7.43. The Labute approximate surface area is 227 Å². The molecule has 2 aliphatic rings. The van der Waals surface area contributed by atoms with Crippen LogP contribution in [0.25, 0.3) is 0 Å². The van der Waals surface area contributed by atoms with Crippen molar-refractivity contribution in [2.75, 3.05) is 42.6 Å². The number of sulfonamides is 1. The number of benzene rings is 3. The van der Waals surface area contributed by atoms with Crippen LogP contribution in [0.5, 0.6) is 0 Å². The third-order valence-corrected chi connectivity index (χ3v) is 9.18. The summed E-state index contributed by atoms with van der Waals surface area (Å²) in [5, 5.41) is 0.0511. The number of ether oxygens (including phenoxy) is 1. The van der Waals surface area contributed by atoms with Crippen LogP contribution < -0.4 is 9.80 Å². The first kappa shape index (κ1) is 26.2. The Balaban J connectivity index is 1.25. The van der Waals surface area contributed by atoms with Gasteiger partial charge < -0.3 is 14.5 Å². The zero-order valence-corrected chi connectivity index (χ0v) is 22.5. The van der Waals surface area contributed by atoms with Crippen LogP contribution in [-0.2, 0) is 26.0 Å². The number of fused-ring (bicyclic) bond motifs is 1. The van der Waals surface area contributed by atoms with Gasteiger partial charge in [0.15, 0.2) is 6.61 Å². The maximum atomic E-state index is 13.4. The van der Waals surface area contributed by atoms with Crippen molar-refractivity contribution in [3.05, 3.63) is 88.9 Å². The van der Waals surface area contributed by atoms with E-state index in [0.29, 0.717) is 26.2 Å². The molecule has 10 heteroatoms. The molecule has 1 saturated heterocycles. The quantitative estimate of drug-likeness (QED) is 0.429. The fourth-order valence-corrected chi connectivity index (χ4v) is 6.66. The summed E-state index contributed by atoms with van der Waals surface area (Å²) in [5.41, 5.74) is 2.81. The first-order valence-electron chi connectivity index (χ1n) is 12.4. The smallest absolute Gasteiger partial charge is 0.340 e. The van der Waals surface area contributed by atoms with E-state index in [1.54, 1.807) is 4.90 Å². The number of amides is 1. The van der Waals surface area contributed by atoms with Crippen molar-refractivity contribution in [1.82, 2.24) is 4.31 Å². The molecule has 0 radical (unpaired) electrons. The fourth-order valence-electron chi connectivity index (χ4n) is 5.02. The van der Waals surface area contributed by atoms with Crippen molar-refractivity contribution in [1.29, 1.82) is 0 Å². The van der Waals surface area contributed by atoms with Gasteiger partial charge in [-0.25, -0.2) is 13.2 Å². The minimum absolute atomic E-state index is 0.0459. The van der Waals surface area contributed by atoms with Gasteiger partial charge in [-0.15, -0.1) is 0 Å². The molecule has 3 aromatic carbocycles. The van der Waals surface area contributed by atoms with Gasteiger partial charge in [0.2, 0.25) is 10.0 Å². The number of carbonyl (C=O) groups is 2. The van der Waals surface area contributed by atoms with Gasteiger partial charge >= 0.3 is 5.97 Å². The summed E-state index contributed by atoms with van der Waals surface area (Å²) < 4.78 is 33.4. The molecular formula is C28H28ClN3O5S. The number of halogens is 1. The van der Waals surface area contributed by atoms with Crippen molar-refractivity contribution in [3.8, 4) is 0 Å². The Bertz CT molecular complexity index is 1460. The minimum Gasteiger partial charge on any atom is -0.452 e. The molecular weight excluding hydrogens is 526 g/mol. The molecule has 1 unspecified atom stereocenters. The maximum absolute atomic E-state index is 13.4. The molecule has 3 aromatic rings. The number of esters is 1.